The van der Waals surface area contributed by atoms with E-state index in [0.29, 0.717) is 16.5 Å². The molecule has 1 aliphatic rings. The second-order valence-electron chi connectivity index (χ2n) is 5.54. The summed E-state index contributed by atoms with van der Waals surface area (Å²) in [5, 5.41) is 3.77. The van der Waals surface area contributed by atoms with Crippen LogP contribution in [-0.4, -0.2) is 18.5 Å². The van der Waals surface area contributed by atoms with Crippen molar-refractivity contribution in [1.82, 2.24) is 5.32 Å². The number of ether oxygens (including phenoxy) is 1. The summed E-state index contributed by atoms with van der Waals surface area (Å²) >= 11 is 12.0. The third kappa shape index (κ3) is 5.26. The predicted molar refractivity (Wildman–Crippen MR) is 90.5 cm³/mol. The van der Waals surface area contributed by atoms with Gasteiger partial charge in [0.05, 0.1) is 12.0 Å². The molecule has 0 fully saturated rings. The third-order valence-electron chi connectivity index (χ3n) is 3.75. The van der Waals surface area contributed by atoms with Crippen molar-refractivity contribution in [1.29, 1.82) is 0 Å². The smallest absolute Gasteiger partial charge is 0.309 e. The van der Waals surface area contributed by atoms with Crippen LogP contribution in [-0.2, 0) is 14.3 Å². The lowest BCUT2D eigenvalue weighted by atomic mass is 9.95. The summed E-state index contributed by atoms with van der Waals surface area (Å²) in [5.41, 5.74) is 0.758. The number of amides is 1. The van der Waals surface area contributed by atoms with E-state index in [1.165, 1.54) is 0 Å². The molecule has 1 aromatic rings. The number of nitrogens with one attached hydrogen (secondary N) is 1. The van der Waals surface area contributed by atoms with E-state index in [0.717, 1.165) is 18.4 Å². The van der Waals surface area contributed by atoms with E-state index >= 15 is 0 Å². The number of carbonyl (C=O) groups is 2. The molecule has 124 valence electrons. The highest BCUT2D eigenvalue weighted by Gasteiger charge is 2.21. The van der Waals surface area contributed by atoms with Crippen LogP contribution in [0.2, 0.25) is 10.0 Å². The molecule has 0 heterocycles. The van der Waals surface area contributed by atoms with E-state index in [4.69, 9.17) is 27.9 Å². The molecule has 1 amide bonds. The van der Waals surface area contributed by atoms with Crippen molar-refractivity contribution in [3.63, 3.8) is 0 Å². The highest BCUT2D eigenvalue weighted by atomic mass is 35.5. The van der Waals surface area contributed by atoms with Gasteiger partial charge in [0.1, 0.15) is 0 Å². The summed E-state index contributed by atoms with van der Waals surface area (Å²) in [6, 6.07) is 4.79. The Kier molecular flexibility index (Phi) is 6.48. The van der Waals surface area contributed by atoms with E-state index < -0.39 is 0 Å². The first-order valence-corrected chi connectivity index (χ1v) is 8.29. The molecule has 0 saturated heterocycles. The predicted octanol–water partition coefficient (Wildman–Crippen LogP) is 4.07. The second-order valence-corrected chi connectivity index (χ2v) is 6.39. The van der Waals surface area contributed by atoms with Crippen molar-refractivity contribution in [2.24, 2.45) is 5.92 Å². The third-order valence-corrected chi connectivity index (χ3v) is 4.32. The lowest BCUT2D eigenvalue weighted by Crippen LogP contribution is -2.32. The monoisotopic (exact) mass is 355 g/mol. The average Bonchev–Trinajstić information content (AvgIpc) is 2.53. The Morgan fingerprint density at radius 3 is 2.78 bits per heavy atom. The lowest BCUT2D eigenvalue weighted by Gasteiger charge is -2.18. The quantitative estimate of drug-likeness (QED) is 0.639. The summed E-state index contributed by atoms with van der Waals surface area (Å²) in [4.78, 5) is 23.8. The summed E-state index contributed by atoms with van der Waals surface area (Å²) in [6.45, 7) is 1.52. The number of benzene rings is 1. The van der Waals surface area contributed by atoms with Crippen LogP contribution in [0, 0.1) is 5.92 Å². The molecule has 0 aliphatic heterocycles. The summed E-state index contributed by atoms with van der Waals surface area (Å²) in [6.07, 6.45) is 6.34. The molecule has 6 heteroatoms. The Morgan fingerprint density at radius 1 is 1.35 bits per heavy atom. The van der Waals surface area contributed by atoms with Gasteiger partial charge in [-0.1, -0.05) is 41.4 Å². The molecule has 1 N–H and O–H groups in total. The first-order chi connectivity index (χ1) is 11.0. The van der Waals surface area contributed by atoms with Crippen molar-refractivity contribution < 1.29 is 14.3 Å². The van der Waals surface area contributed by atoms with E-state index in [2.05, 4.69) is 5.32 Å². The van der Waals surface area contributed by atoms with Gasteiger partial charge in [-0.15, -0.1) is 0 Å². The zero-order valence-corrected chi connectivity index (χ0v) is 14.4. The molecule has 4 nitrogen and oxygen atoms in total. The minimum Gasteiger partial charge on any atom is -0.455 e. The van der Waals surface area contributed by atoms with Crippen molar-refractivity contribution in [3.05, 3.63) is 46.0 Å². The largest absolute Gasteiger partial charge is 0.455 e. The maximum absolute atomic E-state index is 11.9. The number of hydrogen-bond acceptors (Lipinski definition) is 3. The second kappa shape index (κ2) is 8.37. The van der Waals surface area contributed by atoms with Gasteiger partial charge in [0.25, 0.3) is 5.91 Å². The van der Waals surface area contributed by atoms with Gasteiger partial charge in [-0.05, 0) is 43.9 Å². The standard InChI is InChI=1S/C17H19Cl2NO3/c1-11(14-8-7-13(18)9-15(14)19)20-16(21)10-23-17(22)12-5-3-2-4-6-12/h2-3,7-9,11-12H,4-6,10H2,1H3,(H,20,21)/t11-,12+/m0/s1. The maximum atomic E-state index is 11.9. The van der Waals surface area contributed by atoms with Gasteiger partial charge in [0, 0.05) is 10.0 Å². The van der Waals surface area contributed by atoms with Crippen LogP contribution in [0.4, 0.5) is 0 Å². The van der Waals surface area contributed by atoms with Crippen LogP contribution in [0.15, 0.2) is 30.4 Å². The summed E-state index contributed by atoms with van der Waals surface area (Å²) < 4.78 is 5.09. The number of rotatable bonds is 5. The molecule has 2 atom stereocenters. The fourth-order valence-electron chi connectivity index (χ4n) is 2.48. The number of hydrogen-bond donors (Lipinski definition) is 1. The molecular formula is C17H19Cl2NO3. The van der Waals surface area contributed by atoms with Crippen molar-refractivity contribution in [3.8, 4) is 0 Å². The van der Waals surface area contributed by atoms with Crippen molar-refractivity contribution in [2.45, 2.75) is 32.2 Å². The van der Waals surface area contributed by atoms with Crippen molar-refractivity contribution >= 4 is 35.1 Å². The fraction of sp³-hybridized carbons (Fsp3) is 0.412. The van der Waals surface area contributed by atoms with Crippen LogP contribution in [0.25, 0.3) is 0 Å². The van der Waals surface area contributed by atoms with Crippen LogP contribution in [0.5, 0.6) is 0 Å². The minimum atomic E-state index is -0.358. The normalized spacial score (nSPS) is 18.3. The lowest BCUT2D eigenvalue weighted by molar-refractivity contribution is -0.153. The fourth-order valence-corrected chi connectivity index (χ4v) is 3.05. The van der Waals surface area contributed by atoms with Gasteiger partial charge in [-0.25, -0.2) is 0 Å². The van der Waals surface area contributed by atoms with Crippen LogP contribution in [0.1, 0.15) is 37.8 Å². The zero-order valence-electron chi connectivity index (χ0n) is 12.9. The molecule has 1 aromatic carbocycles. The Hall–Kier alpha value is -1.52. The van der Waals surface area contributed by atoms with Crippen LogP contribution in [0.3, 0.4) is 0 Å². The molecule has 1 aliphatic carbocycles. The zero-order chi connectivity index (χ0) is 16.8. The Balaban J connectivity index is 1.82. The number of carbonyl (C=O) groups excluding carboxylic acids is 2. The van der Waals surface area contributed by atoms with E-state index in [1.807, 2.05) is 12.2 Å². The van der Waals surface area contributed by atoms with Gasteiger partial charge < -0.3 is 10.1 Å². The molecule has 0 radical (unpaired) electrons. The van der Waals surface area contributed by atoms with Crippen molar-refractivity contribution in [2.75, 3.05) is 6.61 Å². The van der Waals surface area contributed by atoms with E-state index in [9.17, 15) is 9.59 Å². The van der Waals surface area contributed by atoms with E-state index in [-0.39, 0.29) is 30.4 Å². The first kappa shape index (κ1) is 17.8. The topological polar surface area (TPSA) is 55.4 Å². The molecule has 23 heavy (non-hydrogen) atoms. The maximum Gasteiger partial charge on any atom is 0.309 e. The molecule has 0 bridgehead atoms. The van der Waals surface area contributed by atoms with Gasteiger partial charge in [0.2, 0.25) is 0 Å². The highest BCUT2D eigenvalue weighted by molar-refractivity contribution is 6.35. The average molecular weight is 356 g/mol. The summed E-state index contributed by atoms with van der Waals surface area (Å²) in [5.74, 6) is -0.819. The molecule has 0 unspecified atom stereocenters. The number of esters is 1. The molecule has 0 saturated carbocycles. The SMILES string of the molecule is C[C@H](NC(=O)COC(=O)[C@@H]1CC=CCC1)c1ccc(Cl)cc1Cl. The molecule has 0 aromatic heterocycles. The highest BCUT2D eigenvalue weighted by Crippen LogP contribution is 2.26. The van der Waals surface area contributed by atoms with Crippen LogP contribution >= 0.6 is 23.2 Å². The number of halogens is 2. The Labute approximate surface area is 145 Å². The molecule has 0 spiro atoms. The summed E-state index contributed by atoms with van der Waals surface area (Å²) in [7, 11) is 0. The molecular weight excluding hydrogens is 337 g/mol. The molecule has 2 rings (SSSR count). The minimum absolute atomic E-state index is 0.143. The van der Waals surface area contributed by atoms with E-state index in [1.54, 1.807) is 25.1 Å². The van der Waals surface area contributed by atoms with Gasteiger partial charge >= 0.3 is 5.97 Å². The van der Waals surface area contributed by atoms with Gasteiger partial charge in [-0.3, -0.25) is 9.59 Å². The Bertz CT molecular complexity index is 616. The van der Waals surface area contributed by atoms with Gasteiger partial charge in [0.15, 0.2) is 6.61 Å². The Morgan fingerprint density at radius 2 is 2.13 bits per heavy atom. The first-order valence-electron chi connectivity index (χ1n) is 7.53. The number of allylic oxidation sites excluding steroid dienone is 2. The van der Waals surface area contributed by atoms with Gasteiger partial charge in [-0.2, -0.15) is 0 Å². The van der Waals surface area contributed by atoms with Crippen LogP contribution < -0.4 is 5.32 Å².